The van der Waals surface area contributed by atoms with Gasteiger partial charge in [-0.3, -0.25) is 74.6 Å². The second-order valence-corrected chi connectivity index (χ2v) is 27.2. The van der Waals surface area contributed by atoms with E-state index in [1.807, 2.05) is 0 Å². The molecular formula is C56H71N14O25P3. The van der Waals surface area contributed by atoms with Crippen LogP contribution >= 0.6 is 23.5 Å². The normalized spacial score (nSPS) is 23.6. The summed E-state index contributed by atoms with van der Waals surface area (Å²) in [6.07, 6.45) is -9.98. The van der Waals surface area contributed by atoms with Gasteiger partial charge in [0.2, 0.25) is 23.6 Å². The smallest absolute Gasteiger partial charge is 0.472 e. The molecule has 9 rings (SSSR count). The average Bonchev–Trinajstić information content (AvgIpc) is 1.63. The lowest BCUT2D eigenvalue weighted by Crippen LogP contribution is -2.59. The minimum atomic E-state index is -5.56. The van der Waals surface area contributed by atoms with Gasteiger partial charge in [-0.2, -0.15) is 4.98 Å². The number of phosphoric ester groups is 3. The number of aromatic amines is 1. The number of amides is 4. The quantitative estimate of drug-likeness (QED) is 0.0232. The molecule has 2 aromatic carbocycles. The van der Waals surface area contributed by atoms with Crippen molar-refractivity contribution < 1.29 is 104 Å². The Morgan fingerprint density at radius 2 is 1.26 bits per heavy atom. The van der Waals surface area contributed by atoms with Gasteiger partial charge >= 0.3 is 40.8 Å². The maximum absolute atomic E-state index is 14.2. The molecule has 98 heavy (non-hydrogen) atoms. The number of carboxylic acids is 1. The summed E-state index contributed by atoms with van der Waals surface area (Å²) in [7, 11) is -16.3. The van der Waals surface area contributed by atoms with Crippen LogP contribution in [0.5, 0.6) is 0 Å². The van der Waals surface area contributed by atoms with E-state index in [9.17, 15) is 76.9 Å². The van der Waals surface area contributed by atoms with Gasteiger partial charge in [0.1, 0.15) is 97.6 Å². The molecule has 4 aromatic heterocycles. The number of aliphatic carboxylic acids is 1. The molecule has 0 saturated carbocycles. The number of carbonyl (C=O) groups is 5. The van der Waals surface area contributed by atoms with E-state index >= 15 is 0 Å². The first-order valence-electron chi connectivity index (χ1n) is 30.1. The Kier molecular flexibility index (Phi) is 24.2. The Morgan fingerprint density at radius 3 is 1.84 bits per heavy atom. The molecule has 3 aliphatic heterocycles. The van der Waals surface area contributed by atoms with Gasteiger partial charge in [-0.05, 0) is 30.0 Å². The number of rotatable bonds is 32. The number of carboxylic acid groups (broad SMARTS) is 1. The molecular weight excluding hydrogens is 1360 g/mol. The van der Waals surface area contributed by atoms with E-state index in [0.29, 0.717) is 11.1 Å². The molecule has 42 heteroatoms. The Balaban J connectivity index is 0.896. The summed E-state index contributed by atoms with van der Waals surface area (Å²) in [6, 6.07) is 13.8. The highest BCUT2D eigenvalue weighted by Gasteiger charge is 2.48. The van der Waals surface area contributed by atoms with Gasteiger partial charge in [0.25, 0.3) is 5.56 Å². The number of aromatic nitrogens is 8. The van der Waals surface area contributed by atoms with Gasteiger partial charge in [-0.1, -0.05) is 74.5 Å². The first-order chi connectivity index (χ1) is 46.4. The summed E-state index contributed by atoms with van der Waals surface area (Å²) in [4.78, 5) is 156. The van der Waals surface area contributed by atoms with Crippen molar-refractivity contribution in [1.82, 2.24) is 59.9 Å². The van der Waals surface area contributed by atoms with Crippen molar-refractivity contribution in [1.29, 1.82) is 0 Å². The average molecular weight is 1430 g/mol. The zero-order valence-electron chi connectivity index (χ0n) is 52.3. The zero-order valence-corrected chi connectivity index (χ0v) is 54.9. The second kappa shape index (κ2) is 32.1. The van der Waals surface area contributed by atoms with Gasteiger partial charge in [-0.25, -0.2) is 38.2 Å². The topological polar surface area (TPSA) is 554 Å². The van der Waals surface area contributed by atoms with Crippen LogP contribution in [-0.2, 0) is 91.9 Å². The third kappa shape index (κ3) is 19.5. The van der Waals surface area contributed by atoms with E-state index < -0.39 is 195 Å². The number of phosphoric acid groups is 3. The third-order valence-corrected chi connectivity index (χ3v) is 18.5. The van der Waals surface area contributed by atoms with Crippen molar-refractivity contribution in [3.05, 3.63) is 140 Å². The Bertz CT molecular complexity index is 4190. The molecule has 3 saturated heterocycles. The van der Waals surface area contributed by atoms with Crippen molar-refractivity contribution in [2.45, 2.75) is 126 Å². The predicted octanol–water partition coefficient (Wildman–Crippen LogP) is -0.736. The summed E-state index contributed by atoms with van der Waals surface area (Å²) < 4.78 is 95.5. The highest BCUT2D eigenvalue weighted by atomic mass is 31.2. The first-order valence-corrected chi connectivity index (χ1v) is 34.5. The minimum absolute atomic E-state index is 0.0190. The number of nitrogens with zero attached hydrogens (tertiary/aromatic N) is 7. The number of hydrogen-bond acceptors (Lipinski definition) is 27. The summed E-state index contributed by atoms with van der Waals surface area (Å²) in [6.45, 7) is -0.543. The van der Waals surface area contributed by atoms with Crippen LogP contribution in [0.3, 0.4) is 0 Å². The molecule has 3 unspecified atom stereocenters. The van der Waals surface area contributed by atoms with Crippen LogP contribution in [0, 0.1) is 12.8 Å². The Morgan fingerprint density at radius 1 is 0.694 bits per heavy atom. The number of nitrogens with one attached hydrogen (secondary N) is 5. The number of imidazole rings is 1. The number of hydrogen-bond donors (Lipinski definition) is 12. The molecule has 0 bridgehead atoms. The summed E-state index contributed by atoms with van der Waals surface area (Å²) >= 11 is 0. The number of nitrogen functional groups attached to an aromatic ring is 2. The molecule has 15 atom stereocenters. The van der Waals surface area contributed by atoms with Crippen LogP contribution in [0.25, 0.3) is 11.2 Å². The largest absolute Gasteiger partial charge is 0.480 e. The summed E-state index contributed by atoms with van der Waals surface area (Å²) in [5, 5.41) is 29.2. The molecule has 0 spiro atoms. The van der Waals surface area contributed by atoms with Crippen LogP contribution in [0.4, 0.5) is 11.6 Å². The number of aryl methyl sites for hydroxylation is 1. The standard InChI is InChI=1S/C56H71N14O25P3/c1-29(2)47(66-53(77)33(16-31-10-6-4-7-11-31)63-42(72)17-32-12-8-5-9-13-32)54(78)64-34(52(76)59-21-46(73)74)24-87-96(81,82)94-37-20-45(70-28-62-48-49(58)60-27-61-50(48)70)92-40(37)26-89-98(85,86)95-36-19-43(68-15-14-41(57)65-55(68)79)91-39(36)25-88-97(83,84)93-35-18-44(90-38(35)23-71)69-22-30(3)51(75)67-56(69)80/h4-15,22,27-29,33-40,43-45,47,71H,16-21,23-26H2,1-3H3,(H,59,76)(H,63,72)(H,64,78)(H,66,77)(H,73,74)(H,81,82)(H,83,84)(H,85,86)(H2,57,65,79)(H2,58,60,61)(H,67,75,80)/t33-,34-,35-,36-,37-,38+,39+,40+,43+,44+,45+,47-/m0/s1. The number of carbonyl (C=O) groups excluding carboxylic acids is 4. The minimum Gasteiger partial charge on any atom is -0.480 e. The molecule has 0 aliphatic carbocycles. The molecule has 6 aromatic rings. The number of aliphatic hydroxyl groups is 1. The lowest BCUT2D eigenvalue weighted by atomic mass is 10.0. The van der Waals surface area contributed by atoms with Gasteiger partial charge in [-0.15, -0.1) is 0 Å². The van der Waals surface area contributed by atoms with Crippen LogP contribution in [0.1, 0.15) is 68.5 Å². The highest BCUT2D eigenvalue weighted by molar-refractivity contribution is 7.48. The maximum Gasteiger partial charge on any atom is 0.472 e. The van der Waals surface area contributed by atoms with E-state index in [-0.39, 0.29) is 47.6 Å². The van der Waals surface area contributed by atoms with Crippen LogP contribution in [0.15, 0.2) is 106 Å². The maximum atomic E-state index is 14.2. The van der Waals surface area contributed by atoms with Crippen molar-refractivity contribution in [3.63, 3.8) is 0 Å². The fraction of sp³-hybridized carbons (Fsp3) is 0.464. The highest BCUT2D eigenvalue weighted by Crippen LogP contribution is 2.53. The van der Waals surface area contributed by atoms with Crippen LogP contribution in [-0.4, -0.2) is 181 Å². The lowest BCUT2D eigenvalue weighted by molar-refractivity contribution is -0.139. The monoisotopic (exact) mass is 1430 g/mol. The molecule has 3 fully saturated rings. The number of nitrogens with two attached hydrogens (primary N) is 2. The number of H-pyrrole nitrogens is 1. The number of aliphatic hydroxyl groups excluding tert-OH is 1. The fourth-order valence-electron chi connectivity index (χ4n) is 10.6. The van der Waals surface area contributed by atoms with Crippen molar-refractivity contribution in [2.24, 2.45) is 5.92 Å². The predicted molar refractivity (Wildman–Crippen MR) is 335 cm³/mol. The van der Waals surface area contributed by atoms with Gasteiger partial charge < -0.3 is 71.8 Å². The molecule has 7 heterocycles. The van der Waals surface area contributed by atoms with Gasteiger partial charge in [0.05, 0.1) is 39.2 Å². The van der Waals surface area contributed by atoms with Crippen molar-refractivity contribution in [2.75, 3.05) is 44.4 Å². The molecule has 14 N–H and O–H groups in total. The molecule has 530 valence electrons. The molecule has 3 aliphatic rings. The van der Waals surface area contributed by atoms with E-state index in [2.05, 4.69) is 46.2 Å². The molecule has 39 nitrogen and oxygen atoms in total. The molecule has 0 radical (unpaired) electrons. The zero-order chi connectivity index (χ0) is 70.8. The van der Waals surface area contributed by atoms with E-state index in [0.717, 1.165) is 15.5 Å². The van der Waals surface area contributed by atoms with Gasteiger partial charge in [0.15, 0.2) is 11.5 Å². The number of benzene rings is 2. The summed E-state index contributed by atoms with van der Waals surface area (Å²) in [5.41, 5.74) is 10.8. The van der Waals surface area contributed by atoms with Crippen LogP contribution in [0.2, 0.25) is 0 Å². The van der Waals surface area contributed by atoms with Crippen molar-refractivity contribution >= 4 is 75.9 Å². The molecule has 4 amide bonds. The van der Waals surface area contributed by atoms with Gasteiger partial charge in [0, 0.05) is 43.6 Å². The first kappa shape index (κ1) is 73.9. The number of anilines is 2. The second-order valence-electron chi connectivity index (χ2n) is 23.0. The Labute approximate surface area is 554 Å². The lowest BCUT2D eigenvalue weighted by Gasteiger charge is -2.28. The SMILES string of the molecule is Cc1cn([C@H]2C[C@H](OP(=O)(O)OC[C@H]3O[C@@H](n4ccc(N)nc4=O)C[C@@H]3OP(=O)(O)OC[C@H]3O[C@@H](n4cnc5c(N)ncnc54)C[C@@H]3OP(=O)(O)OC[C@H](NC(=O)[C@@H](NC(=O)[C@H](Cc3ccccc3)NC(=O)Cc3ccccc3)C(C)C)C(=O)NCC(=O)O)[C@@H](CO)O2)c(=O)[nH]c1=O. The Hall–Kier alpha value is -8.33. The van der Waals surface area contributed by atoms with Crippen molar-refractivity contribution in [3.8, 4) is 0 Å². The number of ether oxygens (including phenoxy) is 3. The summed E-state index contributed by atoms with van der Waals surface area (Å²) in [5.74, 6) is -6.16. The van der Waals surface area contributed by atoms with E-state index in [4.69, 9.17) is 52.8 Å². The van der Waals surface area contributed by atoms with E-state index in [1.54, 1.807) is 74.5 Å². The third-order valence-electron chi connectivity index (χ3n) is 15.5. The van der Waals surface area contributed by atoms with E-state index in [1.165, 1.54) is 36.3 Å². The van der Waals surface area contributed by atoms with Crippen LogP contribution < -0.4 is 49.7 Å². The number of fused-ring (bicyclic) bond motifs is 1. The fourth-order valence-corrected chi connectivity index (χ4v) is 13.5.